The summed E-state index contributed by atoms with van der Waals surface area (Å²) in [6.45, 7) is 0.362. The number of amides is 1. The molecule has 29 heavy (non-hydrogen) atoms. The smallest absolute Gasteiger partial charge is 0.249 e. The molecule has 1 atom stereocenters. The minimum absolute atomic E-state index is 0.0609. The van der Waals surface area contributed by atoms with Crippen LogP contribution in [0.15, 0.2) is 30.6 Å². The summed E-state index contributed by atoms with van der Waals surface area (Å²) in [5.41, 5.74) is 1.05. The van der Waals surface area contributed by atoms with Crippen LogP contribution < -0.4 is 5.32 Å². The molecule has 2 aromatic rings. The van der Waals surface area contributed by atoms with E-state index in [1.165, 1.54) is 23.5 Å². The third-order valence-corrected chi connectivity index (χ3v) is 5.18. The monoisotopic (exact) mass is 392 g/mol. The molecule has 2 aliphatic rings. The molecule has 8 nitrogen and oxygen atoms in total. The van der Waals surface area contributed by atoms with Crippen LogP contribution in [0.2, 0.25) is 0 Å². The molecule has 9 heteroatoms. The van der Waals surface area contributed by atoms with Crippen LogP contribution in [0.1, 0.15) is 42.1 Å². The number of carbonyl (C=O) groups is 1. The number of rotatable bonds is 4. The summed E-state index contributed by atoms with van der Waals surface area (Å²) in [5, 5.41) is 22.5. The maximum absolute atomic E-state index is 13.8. The normalized spacial score (nSPS) is 23.0. The van der Waals surface area contributed by atoms with Gasteiger partial charge in [0.15, 0.2) is 0 Å². The molecule has 146 valence electrons. The number of halogens is 1. The molecule has 0 spiro atoms. The van der Waals surface area contributed by atoms with Gasteiger partial charge in [0, 0.05) is 24.4 Å². The zero-order chi connectivity index (χ0) is 20.4. The van der Waals surface area contributed by atoms with Crippen LogP contribution >= 0.6 is 0 Å². The predicted octanol–water partition coefficient (Wildman–Crippen LogP) is 2.45. The average molecular weight is 392 g/mol. The molecule has 2 fully saturated rings. The maximum Gasteiger partial charge on any atom is 0.249 e. The number of hydroxylamine groups is 2. The number of carbonyl (C=O) groups excluding carboxylic acids is 1. The van der Waals surface area contributed by atoms with Crippen molar-refractivity contribution < 1.29 is 14.0 Å². The molecule has 1 amide bonds. The zero-order valence-corrected chi connectivity index (χ0v) is 15.4. The van der Waals surface area contributed by atoms with Gasteiger partial charge < -0.3 is 5.32 Å². The average Bonchev–Trinajstić information content (AvgIpc) is 3.19. The first-order valence-corrected chi connectivity index (χ1v) is 9.22. The van der Waals surface area contributed by atoms with Crippen LogP contribution in [-0.4, -0.2) is 33.6 Å². The molecule has 1 aromatic carbocycles. The number of benzene rings is 1. The first-order chi connectivity index (χ1) is 14.1. The fourth-order valence-corrected chi connectivity index (χ4v) is 3.68. The highest BCUT2D eigenvalue weighted by Gasteiger charge is 2.42. The number of nitrogens with zero attached hydrogens (tertiary/aromatic N) is 5. The van der Waals surface area contributed by atoms with Gasteiger partial charge in [-0.2, -0.15) is 10.5 Å². The SMILES string of the molecule is N#Cc1cc(F)cc([C@@H]2CCON2C(=O)C2CC(Nc3cc(C#N)ncn3)C2)c1. The van der Waals surface area contributed by atoms with Crippen LogP contribution in [0, 0.1) is 34.4 Å². The minimum Gasteiger partial charge on any atom is -0.367 e. The molecule has 2 heterocycles. The summed E-state index contributed by atoms with van der Waals surface area (Å²) < 4.78 is 13.8. The van der Waals surface area contributed by atoms with E-state index in [9.17, 15) is 9.18 Å². The van der Waals surface area contributed by atoms with Crippen molar-refractivity contribution in [3.05, 3.63) is 53.2 Å². The van der Waals surface area contributed by atoms with Crippen molar-refractivity contribution in [1.29, 1.82) is 10.5 Å². The first kappa shape index (κ1) is 18.8. The highest BCUT2D eigenvalue weighted by molar-refractivity contribution is 5.80. The van der Waals surface area contributed by atoms with Crippen molar-refractivity contribution in [2.24, 2.45) is 5.92 Å². The van der Waals surface area contributed by atoms with E-state index in [2.05, 4.69) is 15.3 Å². The third kappa shape index (κ3) is 3.86. The van der Waals surface area contributed by atoms with Gasteiger partial charge in [-0.1, -0.05) is 0 Å². The van der Waals surface area contributed by atoms with Gasteiger partial charge in [0.2, 0.25) is 5.91 Å². The number of hydrogen-bond donors (Lipinski definition) is 1. The molecule has 1 aliphatic heterocycles. The summed E-state index contributed by atoms with van der Waals surface area (Å²) in [6.07, 6.45) is 3.07. The minimum atomic E-state index is -0.507. The molecule has 0 bridgehead atoms. The lowest BCUT2D eigenvalue weighted by molar-refractivity contribution is -0.184. The van der Waals surface area contributed by atoms with E-state index < -0.39 is 11.9 Å². The number of nitrogens with one attached hydrogen (secondary N) is 1. The van der Waals surface area contributed by atoms with E-state index >= 15 is 0 Å². The number of nitriles is 2. The Labute approximate surface area is 166 Å². The van der Waals surface area contributed by atoms with Gasteiger partial charge in [0.05, 0.1) is 24.3 Å². The van der Waals surface area contributed by atoms with Crippen LogP contribution in [0.25, 0.3) is 0 Å². The summed E-state index contributed by atoms with van der Waals surface area (Å²) in [4.78, 5) is 26.3. The Morgan fingerprint density at radius 3 is 2.79 bits per heavy atom. The molecular formula is C20H17FN6O2. The third-order valence-electron chi connectivity index (χ3n) is 5.18. The van der Waals surface area contributed by atoms with Crippen molar-refractivity contribution in [1.82, 2.24) is 15.0 Å². The zero-order valence-electron chi connectivity index (χ0n) is 15.4. The second-order valence-electron chi connectivity index (χ2n) is 7.10. The first-order valence-electron chi connectivity index (χ1n) is 9.22. The molecule has 1 aromatic heterocycles. The highest BCUT2D eigenvalue weighted by atomic mass is 19.1. The van der Waals surface area contributed by atoms with Crippen LogP contribution in [0.4, 0.5) is 10.2 Å². The summed E-state index contributed by atoms with van der Waals surface area (Å²) in [6, 6.07) is 9.21. The molecule has 1 aliphatic carbocycles. The number of anilines is 1. The van der Waals surface area contributed by atoms with E-state index in [0.29, 0.717) is 37.3 Å². The van der Waals surface area contributed by atoms with E-state index in [0.717, 1.165) is 0 Å². The topological polar surface area (TPSA) is 115 Å². The van der Waals surface area contributed by atoms with E-state index in [4.69, 9.17) is 15.4 Å². The largest absolute Gasteiger partial charge is 0.367 e. The van der Waals surface area contributed by atoms with Crippen molar-refractivity contribution in [2.45, 2.75) is 31.3 Å². The van der Waals surface area contributed by atoms with Crippen LogP contribution in [0.5, 0.6) is 0 Å². The lowest BCUT2D eigenvalue weighted by Gasteiger charge is -2.37. The predicted molar refractivity (Wildman–Crippen MR) is 98.2 cm³/mol. The van der Waals surface area contributed by atoms with Gasteiger partial charge in [0.25, 0.3) is 0 Å². The van der Waals surface area contributed by atoms with E-state index in [-0.39, 0.29) is 29.1 Å². The molecule has 4 rings (SSSR count). The summed E-state index contributed by atoms with van der Waals surface area (Å²) in [7, 11) is 0. The quantitative estimate of drug-likeness (QED) is 0.850. The Morgan fingerprint density at radius 2 is 2.03 bits per heavy atom. The van der Waals surface area contributed by atoms with Gasteiger partial charge in [-0.25, -0.2) is 19.4 Å². The highest BCUT2D eigenvalue weighted by Crippen LogP contribution is 2.37. The molecular weight excluding hydrogens is 375 g/mol. The fourth-order valence-electron chi connectivity index (χ4n) is 3.68. The van der Waals surface area contributed by atoms with Crippen molar-refractivity contribution in [3.63, 3.8) is 0 Å². The molecule has 0 radical (unpaired) electrons. The molecule has 1 saturated carbocycles. The van der Waals surface area contributed by atoms with Gasteiger partial charge in [-0.15, -0.1) is 0 Å². The second kappa shape index (κ2) is 7.82. The number of aromatic nitrogens is 2. The number of hydrogen-bond acceptors (Lipinski definition) is 7. The Balaban J connectivity index is 1.39. The van der Waals surface area contributed by atoms with Crippen LogP contribution in [0.3, 0.4) is 0 Å². The van der Waals surface area contributed by atoms with E-state index in [1.54, 1.807) is 12.1 Å². The molecule has 1 saturated heterocycles. The maximum atomic E-state index is 13.8. The van der Waals surface area contributed by atoms with E-state index in [1.807, 2.05) is 12.1 Å². The van der Waals surface area contributed by atoms with Gasteiger partial charge >= 0.3 is 0 Å². The Bertz CT molecular complexity index is 1020. The summed E-state index contributed by atoms with van der Waals surface area (Å²) in [5.74, 6) is -0.317. The Hall–Kier alpha value is -3.56. The fraction of sp³-hybridized carbons (Fsp3) is 0.350. The molecule has 0 unspecified atom stereocenters. The van der Waals surface area contributed by atoms with Crippen molar-refractivity contribution in [2.75, 3.05) is 11.9 Å². The lowest BCUT2D eigenvalue weighted by Crippen LogP contribution is -2.45. The van der Waals surface area contributed by atoms with Crippen molar-refractivity contribution in [3.8, 4) is 12.1 Å². The Morgan fingerprint density at radius 1 is 1.21 bits per heavy atom. The van der Waals surface area contributed by atoms with Crippen LogP contribution in [-0.2, 0) is 9.63 Å². The molecule has 1 N–H and O–H groups in total. The standard InChI is InChI=1S/C20H17FN6O2/c21-15-4-12(9-22)3-13(5-15)18-1-2-29-27(18)20(28)14-6-16(7-14)26-19-8-17(10-23)24-11-25-19/h3-5,8,11,14,16,18H,1-2,6-7H2,(H,24,25,26)/t14?,16?,18-/m0/s1. The van der Waals surface area contributed by atoms with Gasteiger partial charge in [0.1, 0.15) is 29.7 Å². The lowest BCUT2D eigenvalue weighted by atomic mass is 9.79. The van der Waals surface area contributed by atoms with Crippen molar-refractivity contribution >= 4 is 11.7 Å². The Kier molecular flexibility index (Phi) is 5.07. The van der Waals surface area contributed by atoms with Gasteiger partial charge in [-0.05, 0) is 36.6 Å². The second-order valence-corrected chi connectivity index (χ2v) is 7.10. The van der Waals surface area contributed by atoms with Gasteiger partial charge in [-0.3, -0.25) is 9.63 Å². The summed E-state index contributed by atoms with van der Waals surface area (Å²) >= 11 is 0.